The molecule has 6 rings (SSSR count). The Morgan fingerprint density at radius 2 is 1.79 bits per heavy atom. The van der Waals surface area contributed by atoms with Crippen molar-refractivity contribution >= 4 is 22.5 Å². The summed E-state index contributed by atoms with van der Waals surface area (Å²) in [5.74, 6) is 0.473. The van der Waals surface area contributed by atoms with Gasteiger partial charge in [-0.25, -0.2) is 9.97 Å². The van der Waals surface area contributed by atoms with Crippen molar-refractivity contribution < 1.29 is 9.84 Å². The van der Waals surface area contributed by atoms with Crippen molar-refractivity contribution in [3.05, 3.63) is 137 Å². The zero-order valence-electron chi connectivity index (χ0n) is 21.5. The third kappa shape index (κ3) is 4.35. The number of ether oxygens (including phenoxy) is 1. The van der Waals surface area contributed by atoms with Gasteiger partial charge in [-0.2, -0.15) is 0 Å². The maximum Gasteiger partial charge on any atom is 0.218 e. The van der Waals surface area contributed by atoms with E-state index in [9.17, 15) is 5.11 Å². The Balaban J connectivity index is 1.46. The smallest absolute Gasteiger partial charge is 0.218 e. The quantitative estimate of drug-likeness (QED) is 0.284. The van der Waals surface area contributed by atoms with Crippen molar-refractivity contribution in [1.82, 2.24) is 24.1 Å². The summed E-state index contributed by atoms with van der Waals surface area (Å²) in [6.45, 7) is 0. The van der Waals surface area contributed by atoms with Crippen LogP contribution in [0.25, 0.3) is 16.6 Å². The fourth-order valence-electron chi connectivity index (χ4n) is 5.00. The molecule has 0 saturated heterocycles. The first-order valence-electron chi connectivity index (χ1n) is 12.5. The summed E-state index contributed by atoms with van der Waals surface area (Å²) in [5.41, 5.74) is 3.71. The first-order chi connectivity index (χ1) is 19.0. The number of halogens is 1. The highest BCUT2D eigenvalue weighted by atomic mass is 35.5. The second-order valence-corrected chi connectivity index (χ2v) is 9.77. The fraction of sp³-hybridized carbons (Fsp3) is 0.129. The van der Waals surface area contributed by atoms with E-state index in [-0.39, 0.29) is 0 Å². The minimum Gasteiger partial charge on any atom is -0.481 e. The lowest BCUT2D eigenvalue weighted by atomic mass is 9.86. The summed E-state index contributed by atoms with van der Waals surface area (Å²) in [5, 5.41) is 13.5. The van der Waals surface area contributed by atoms with Crippen LogP contribution < -0.4 is 4.74 Å². The van der Waals surface area contributed by atoms with Crippen LogP contribution >= 0.6 is 11.6 Å². The van der Waals surface area contributed by atoms with Gasteiger partial charge < -0.3 is 19.0 Å². The molecule has 1 unspecified atom stereocenters. The molecule has 1 atom stereocenters. The lowest BCUT2D eigenvalue weighted by Crippen LogP contribution is -2.32. The molecule has 7 nitrogen and oxygen atoms in total. The molecular formula is C31H26ClN5O2. The van der Waals surface area contributed by atoms with Gasteiger partial charge in [0.1, 0.15) is 0 Å². The standard InChI is InChI=1S/C31H26ClN5O2/c1-36-20-33-19-28(36)31(38,27-7-3-4-14-34-27)22-10-13-26-24(18-22)29(32)25(30(35-26)39-2)17-21-8-11-23(12-9-21)37-15-5-6-16-37/h3-16,18-20,38H,17H2,1-2H3. The number of aryl methyl sites for hydroxylation is 1. The van der Waals surface area contributed by atoms with E-state index in [1.165, 1.54) is 0 Å². The average molecular weight is 536 g/mol. The van der Waals surface area contributed by atoms with Crippen LogP contribution in [-0.2, 0) is 19.1 Å². The molecule has 0 aliphatic heterocycles. The van der Waals surface area contributed by atoms with Crippen molar-refractivity contribution in [2.75, 3.05) is 7.11 Å². The molecule has 4 heterocycles. The molecule has 8 heteroatoms. The van der Waals surface area contributed by atoms with Crippen molar-refractivity contribution in [3.8, 4) is 11.6 Å². The normalized spacial score (nSPS) is 12.9. The van der Waals surface area contributed by atoms with Gasteiger partial charge in [-0.3, -0.25) is 4.98 Å². The zero-order valence-corrected chi connectivity index (χ0v) is 22.2. The van der Waals surface area contributed by atoms with Gasteiger partial charge in [0.05, 0.1) is 41.6 Å². The molecule has 194 valence electrons. The van der Waals surface area contributed by atoms with Gasteiger partial charge in [0.15, 0.2) is 5.60 Å². The SMILES string of the molecule is COc1nc2ccc(C(O)(c3ccccn3)c3cncn3C)cc2c(Cl)c1Cc1ccc(-n2cccc2)cc1. The lowest BCUT2D eigenvalue weighted by molar-refractivity contribution is 0.113. The summed E-state index contributed by atoms with van der Waals surface area (Å²) in [6, 6.07) is 23.3. The molecule has 0 fully saturated rings. The van der Waals surface area contributed by atoms with Crippen LogP contribution in [0.3, 0.4) is 0 Å². The van der Waals surface area contributed by atoms with E-state index in [1.54, 1.807) is 36.5 Å². The van der Waals surface area contributed by atoms with E-state index >= 15 is 0 Å². The van der Waals surface area contributed by atoms with Gasteiger partial charge in [0.25, 0.3) is 0 Å². The number of rotatable bonds is 7. The monoisotopic (exact) mass is 535 g/mol. The molecule has 0 spiro atoms. The van der Waals surface area contributed by atoms with Crippen LogP contribution in [-0.4, -0.2) is 36.3 Å². The minimum atomic E-state index is -1.56. The van der Waals surface area contributed by atoms with Crippen molar-refractivity contribution in [1.29, 1.82) is 0 Å². The van der Waals surface area contributed by atoms with Gasteiger partial charge in [-0.05, 0) is 59.7 Å². The van der Waals surface area contributed by atoms with E-state index in [0.29, 0.717) is 45.2 Å². The number of fused-ring (bicyclic) bond motifs is 1. The van der Waals surface area contributed by atoms with Crippen molar-refractivity contribution in [2.45, 2.75) is 12.0 Å². The molecule has 4 aromatic heterocycles. The number of methoxy groups -OCH3 is 1. The largest absolute Gasteiger partial charge is 0.481 e. The van der Waals surface area contributed by atoms with Crippen LogP contribution in [0.2, 0.25) is 5.02 Å². The highest BCUT2D eigenvalue weighted by Crippen LogP contribution is 2.40. The molecule has 0 radical (unpaired) electrons. The first kappa shape index (κ1) is 24.9. The second-order valence-electron chi connectivity index (χ2n) is 9.39. The summed E-state index contributed by atoms with van der Waals surface area (Å²) < 4.78 is 9.50. The molecule has 0 bridgehead atoms. The summed E-state index contributed by atoms with van der Waals surface area (Å²) in [4.78, 5) is 13.5. The van der Waals surface area contributed by atoms with Gasteiger partial charge in [-0.15, -0.1) is 0 Å². The van der Waals surface area contributed by atoms with Crippen LogP contribution in [0.15, 0.2) is 104 Å². The number of hydrogen-bond donors (Lipinski definition) is 1. The number of aromatic nitrogens is 5. The topological polar surface area (TPSA) is 78.0 Å². The number of aliphatic hydroxyl groups is 1. The maximum absolute atomic E-state index is 12.2. The Labute approximate surface area is 231 Å². The molecular weight excluding hydrogens is 510 g/mol. The van der Waals surface area contributed by atoms with E-state index in [2.05, 4.69) is 38.8 Å². The Morgan fingerprint density at radius 1 is 1.00 bits per heavy atom. The van der Waals surface area contributed by atoms with E-state index in [4.69, 9.17) is 21.3 Å². The maximum atomic E-state index is 12.2. The highest BCUT2D eigenvalue weighted by molar-refractivity contribution is 6.36. The Kier molecular flexibility index (Phi) is 6.38. The first-order valence-corrected chi connectivity index (χ1v) is 12.9. The van der Waals surface area contributed by atoms with E-state index < -0.39 is 5.60 Å². The van der Waals surface area contributed by atoms with Crippen molar-refractivity contribution in [3.63, 3.8) is 0 Å². The second kappa shape index (κ2) is 10.0. The van der Waals surface area contributed by atoms with Crippen LogP contribution in [0.4, 0.5) is 0 Å². The number of pyridine rings is 2. The highest BCUT2D eigenvalue weighted by Gasteiger charge is 2.38. The molecule has 0 saturated carbocycles. The van der Waals surface area contributed by atoms with Crippen LogP contribution in [0.1, 0.15) is 28.1 Å². The third-order valence-corrected chi connectivity index (χ3v) is 7.46. The molecule has 39 heavy (non-hydrogen) atoms. The van der Waals surface area contributed by atoms with Gasteiger partial charge in [-0.1, -0.05) is 35.9 Å². The summed E-state index contributed by atoms with van der Waals surface area (Å²) in [6.07, 6.45) is 9.53. The fourth-order valence-corrected chi connectivity index (χ4v) is 5.30. The predicted molar refractivity (Wildman–Crippen MR) is 151 cm³/mol. The Morgan fingerprint density at radius 3 is 2.46 bits per heavy atom. The summed E-state index contributed by atoms with van der Waals surface area (Å²) in [7, 11) is 3.44. The van der Waals surface area contributed by atoms with Crippen molar-refractivity contribution in [2.24, 2.45) is 7.05 Å². The Hall–Kier alpha value is -4.46. The van der Waals surface area contributed by atoms with Gasteiger partial charge in [0, 0.05) is 48.7 Å². The minimum absolute atomic E-state index is 0.473. The molecule has 0 aliphatic carbocycles. The molecule has 0 amide bonds. The van der Waals surface area contributed by atoms with E-state index in [0.717, 1.165) is 16.8 Å². The molecule has 6 aromatic rings. The number of benzene rings is 2. The number of hydrogen-bond acceptors (Lipinski definition) is 5. The number of imidazole rings is 1. The predicted octanol–water partition coefficient (Wildman–Crippen LogP) is 5.69. The molecule has 1 N–H and O–H groups in total. The third-order valence-electron chi connectivity index (χ3n) is 7.03. The molecule has 2 aromatic carbocycles. The lowest BCUT2D eigenvalue weighted by Gasteiger charge is -2.29. The van der Waals surface area contributed by atoms with E-state index in [1.807, 2.05) is 61.9 Å². The molecule has 0 aliphatic rings. The van der Waals surface area contributed by atoms with Gasteiger partial charge in [0.2, 0.25) is 5.88 Å². The average Bonchev–Trinajstić information content (AvgIpc) is 3.67. The van der Waals surface area contributed by atoms with Crippen LogP contribution in [0, 0.1) is 0 Å². The zero-order chi connectivity index (χ0) is 27.0. The summed E-state index contributed by atoms with van der Waals surface area (Å²) >= 11 is 7.07. The Bertz CT molecular complexity index is 1750. The number of nitrogens with zero attached hydrogens (tertiary/aromatic N) is 5. The van der Waals surface area contributed by atoms with Crippen LogP contribution in [0.5, 0.6) is 5.88 Å². The van der Waals surface area contributed by atoms with Gasteiger partial charge >= 0.3 is 0 Å².